The molecule has 1 N–H and O–H groups in total. The number of carboxylic acids is 1. The molecular weight excluding hydrogens is 340 g/mol. The fourth-order valence-electron chi connectivity index (χ4n) is 2.46. The van der Waals surface area contributed by atoms with Crippen LogP contribution >= 0.6 is 0 Å². The Morgan fingerprint density at radius 3 is 2.65 bits per heavy atom. The number of carbonyl (C=O) groups is 3. The van der Waals surface area contributed by atoms with Crippen LogP contribution in [-0.2, 0) is 9.59 Å². The van der Waals surface area contributed by atoms with Crippen LogP contribution in [0.4, 0.5) is 0 Å². The van der Waals surface area contributed by atoms with Crippen molar-refractivity contribution in [2.24, 2.45) is 0 Å². The molecule has 26 heavy (non-hydrogen) atoms. The number of hydrogen-bond donors (Lipinski definition) is 1. The molecule has 0 radical (unpaired) electrons. The summed E-state index contributed by atoms with van der Waals surface area (Å²) in [5, 5.41) is 8.68. The van der Waals surface area contributed by atoms with Crippen LogP contribution in [-0.4, -0.2) is 36.5 Å². The van der Waals surface area contributed by atoms with Crippen LogP contribution in [0.3, 0.4) is 0 Å². The molecule has 2 aromatic rings. The number of Topliss-reactive ketones (excluding diaryl/α,β-unsaturated/α-hetero) is 1. The number of aliphatic carboxylic acids is 1. The zero-order valence-corrected chi connectivity index (χ0v) is 13.7. The van der Waals surface area contributed by atoms with Gasteiger partial charge in [-0.15, -0.1) is 0 Å². The Kier molecular flexibility index (Phi) is 4.70. The Labute approximate surface area is 148 Å². The Morgan fingerprint density at radius 2 is 1.92 bits per heavy atom. The number of esters is 1. The smallest absolute Gasteiger partial charge is 0.347 e. The fraction of sp³-hybridized carbons (Fsp3) is 0.105. The van der Waals surface area contributed by atoms with Crippen molar-refractivity contribution in [3.8, 4) is 17.2 Å². The Balaban J connectivity index is 1.93. The van der Waals surface area contributed by atoms with Crippen LogP contribution in [0, 0.1) is 0 Å². The minimum atomic E-state index is -1.12. The normalized spacial score (nSPS) is 14.6. The lowest BCUT2D eigenvalue weighted by atomic mass is 9.98. The highest BCUT2D eigenvalue weighted by Gasteiger charge is 2.30. The Bertz CT molecular complexity index is 927. The van der Waals surface area contributed by atoms with Crippen LogP contribution in [0.25, 0.3) is 6.08 Å². The first kappa shape index (κ1) is 17.2. The first-order chi connectivity index (χ1) is 12.5. The molecule has 0 amide bonds. The monoisotopic (exact) mass is 354 g/mol. The molecule has 3 rings (SSSR count). The zero-order chi connectivity index (χ0) is 18.7. The lowest BCUT2D eigenvalue weighted by Crippen LogP contribution is -2.24. The molecule has 1 aliphatic heterocycles. The molecular formula is C19H14O7. The lowest BCUT2D eigenvalue weighted by Gasteiger charge is -2.16. The summed E-state index contributed by atoms with van der Waals surface area (Å²) in [6, 6.07) is 11.1. The van der Waals surface area contributed by atoms with Crippen molar-refractivity contribution in [1.29, 1.82) is 0 Å². The molecule has 0 fully saturated rings. The van der Waals surface area contributed by atoms with Crippen molar-refractivity contribution in [2.75, 3.05) is 13.7 Å². The van der Waals surface area contributed by atoms with Gasteiger partial charge in [-0.25, -0.2) is 9.59 Å². The van der Waals surface area contributed by atoms with Gasteiger partial charge in [0.15, 0.2) is 18.1 Å². The molecule has 7 nitrogen and oxygen atoms in total. The first-order valence-electron chi connectivity index (χ1n) is 7.60. The molecule has 1 heterocycles. The van der Waals surface area contributed by atoms with Crippen molar-refractivity contribution < 1.29 is 33.7 Å². The summed E-state index contributed by atoms with van der Waals surface area (Å²) in [5.74, 6) is -1.54. The fourth-order valence-corrected chi connectivity index (χ4v) is 2.46. The van der Waals surface area contributed by atoms with E-state index in [4.69, 9.17) is 19.3 Å². The van der Waals surface area contributed by atoms with E-state index in [1.165, 1.54) is 25.3 Å². The highest BCUT2D eigenvalue weighted by molar-refractivity contribution is 6.30. The van der Waals surface area contributed by atoms with E-state index >= 15 is 0 Å². The minimum Gasteiger partial charge on any atom is -0.493 e. The van der Waals surface area contributed by atoms with Crippen LogP contribution in [0.5, 0.6) is 17.2 Å². The predicted molar refractivity (Wildman–Crippen MR) is 90.5 cm³/mol. The number of methoxy groups -OCH3 is 1. The molecule has 1 aliphatic rings. The van der Waals surface area contributed by atoms with Gasteiger partial charge in [-0.1, -0.05) is 18.2 Å². The van der Waals surface area contributed by atoms with E-state index in [0.717, 1.165) is 0 Å². The number of fused-ring (bicyclic) bond motifs is 1. The standard InChI is InChI=1S/C19H14O7/c1-24-16-9-11(6-7-15(16)25-10-17(20)21)8-13-18(22)12-4-2-3-5-14(12)26-19(13)23/h2-9H,10H2,1H3,(H,20,21)/b13-8-. The molecule has 0 aromatic heterocycles. The quantitative estimate of drug-likeness (QED) is 0.381. The summed E-state index contributed by atoms with van der Waals surface area (Å²) in [6.07, 6.45) is 1.39. The minimum absolute atomic E-state index is 0.107. The first-order valence-corrected chi connectivity index (χ1v) is 7.60. The lowest BCUT2D eigenvalue weighted by molar-refractivity contribution is -0.139. The summed E-state index contributed by atoms with van der Waals surface area (Å²) in [5.41, 5.74) is 0.709. The van der Waals surface area contributed by atoms with Crippen LogP contribution in [0.15, 0.2) is 48.0 Å². The number of hydrogen-bond acceptors (Lipinski definition) is 6. The average molecular weight is 354 g/mol. The van der Waals surface area contributed by atoms with Crippen LogP contribution < -0.4 is 14.2 Å². The molecule has 0 aliphatic carbocycles. The number of benzene rings is 2. The van der Waals surface area contributed by atoms with Gasteiger partial charge >= 0.3 is 11.9 Å². The van der Waals surface area contributed by atoms with Gasteiger partial charge in [-0.2, -0.15) is 0 Å². The van der Waals surface area contributed by atoms with Crippen LogP contribution in [0.1, 0.15) is 15.9 Å². The second kappa shape index (κ2) is 7.10. The second-order valence-corrected chi connectivity index (χ2v) is 5.37. The number of para-hydroxylation sites is 1. The molecule has 0 saturated carbocycles. The Morgan fingerprint density at radius 1 is 1.15 bits per heavy atom. The summed E-state index contributed by atoms with van der Waals surface area (Å²) >= 11 is 0. The number of rotatable bonds is 5. The third kappa shape index (κ3) is 3.41. The molecule has 0 bridgehead atoms. The summed E-state index contributed by atoms with van der Waals surface area (Å²) in [4.78, 5) is 35.3. The van der Waals surface area contributed by atoms with Crippen molar-refractivity contribution in [3.63, 3.8) is 0 Å². The van der Waals surface area contributed by atoms with Crippen molar-refractivity contribution in [2.45, 2.75) is 0 Å². The van der Waals surface area contributed by atoms with Gasteiger partial charge in [0.25, 0.3) is 0 Å². The van der Waals surface area contributed by atoms with Gasteiger partial charge < -0.3 is 19.3 Å². The van der Waals surface area contributed by atoms with Gasteiger partial charge in [-0.3, -0.25) is 4.79 Å². The molecule has 0 unspecified atom stereocenters. The highest BCUT2D eigenvalue weighted by Crippen LogP contribution is 2.31. The third-order valence-corrected chi connectivity index (χ3v) is 3.65. The van der Waals surface area contributed by atoms with Crippen molar-refractivity contribution >= 4 is 23.8 Å². The number of carboxylic acid groups (broad SMARTS) is 1. The number of ether oxygens (including phenoxy) is 3. The van der Waals surface area contributed by atoms with Crippen molar-refractivity contribution in [3.05, 3.63) is 59.2 Å². The van der Waals surface area contributed by atoms with E-state index in [2.05, 4.69) is 0 Å². The van der Waals surface area contributed by atoms with Gasteiger partial charge in [0, 0.05) is 0 Å². The summed E-state index contributed by atoms with van der Waals surface area (Å²) < 4.78 is 15.5. The molecule has 132 valence electrons. The van der Waals surface area contributed by atoms with Gasteiger partial charge in [0.05, 0.1) is 12.7 Å². The second-order valence-electron chi connectivity index (χ2n) is 5.37. The zero-order valence-electron chi connectivity index (χ0n) is 13.7. The SMILES string of the molecule is COc1cc(/C=C2\C(=O)Oc3ccccc3C2=O)ccc1OCC(=O)O. The largest absolute Gasteiger partial charge is 0.493 e. The van der Waals surface area contributed by atoms with E-state index in [0.29, 0.717) is 11.1 Å². The van der Waals surface area contributed by atoms with E-state index in [-0.39, 0.29) is 22.8 Å². The maximum atomic E-state index is 12.5. The summed E-state index contributed by atoms with van der Waals surface area (Å²) in [7, 11) is 1.40. The Hall–Kier alpha value is -3.61. The number of carbonyl (C=O) groups excluding carboxylic acids is 2. The molecule has 0 atom stereocenters. The van der Waals surface area contributed by atoms with Gasteiger partial charge in [0.1, 0.15) is 11.3 Å². The molecule has 7 heteroatoms. The third-order valence-electron chi connectivity index (χ3n) is 3.65. The maximum absolute atomic E-state index is 12.5. The summed E-state index contributed by atoms with van der Waals surface area (Å²) in [6.45, 7) is -0.515. The van der Waals surface area contributed by atoms with E-state index in [1.807, 2.05) is 0 Å². The van der Waals surface area contributed by atoms with E-state index < -0.39 is 24.3 Å². The molecule has 0 saturated heterocycles. The van der Waals surface area contributed by atoms with Crippen molar-refractivity contribution in [1.82, 2.24) is 0 Å². The van der Waals surface area contributed by atoms with Gasteiger partial charge in [-0.05, 0) is 35.9 Å². The molecule has 0 spiro atoms. The highest BCUT2D eigenvalue weighted by atomic mass is 16.5. The number of ketones is 1. The van der Waals surface area contributed by atoms with E-state index in [1.54, 1.807) is 30.3 Å². The topological polar surface area (TPSA) is 99.1 Å². The van der Waals surface area contributed by atoms with E-state index in [9.17, 15) is 14.4 Å². The maximum Gasteiger partial charge on any atom is 0.347 e. The predicted octanol–water partition coefficient (Wildman–Crippen LogP) is 2.34. The molecule has 2 aromatic carbocycles. The van der Waals surface area contributed by atoms with Gasteiger partial charge in [0.2, 0.25) is 5.78 Å². The van der Waals surface area contributed by atoms with Crippen LogP contribution in [0.2, 0.25) is 0 Å². The average Bonchev–Trinajstić information content (AvgIpc) is 2.63.